The van der Waals surface area contributed by atoms with Crippen molar-refractivity contribution in [2.75, 3.05) is 5.73 Å². The zero-order valence-electron chi connectivity index (χ0n) is 13.2. The minimum Gasteiger partial charge on any atom is -0.478 e. The summed E-state index contributed by atoms with van der Waals surface area (Å²) in [6, 6.07) is 7.87. The molecule has 27 heavy (non-hydrogen) atoms. The lowest BCUT2D eigenvalue weighted by atomic mass is 9.97. The van der Waals surface area contributed by atoms with Crippen molar-refractivity contribution in [1.29, 1.82) is 0 Å². The van der Waals surface area contributed by atoms with Gasteiger partial charge in [-0.2, -0.15) is 13.2 Å². The topological polar surface area (TPSA) is 81.8 Å². The van der Waals surface area contributed by atoms with Gasteiger partial charge in [-0.15, -0.1) is 0 Å². The molecule has 0 radical (unpaired) electrons. The molecule has 2 aromatic carbocycles. The maximum Gasteiger partial charge on any atom is 0.473 e. The number of alkyl halides is 3. The van der Waals surface area contributed by atoms with Crippen LogP contribution in [0.25, 0.3) is 5.03 Å². The van der Waals surface area contributed by atoms with Crippen LogP contribution in [0.1, 0.15) is 5.56 Å². The van der Waals surface area contributed by atoms with Gasteiger partial charge < -0.3 is 20.3 Å². The van der Waals surface area contributed by atoms with Crippen molar-refractivity contribution in [3.05, 3.63) is 59.4 Å². The number of aliphatic carboxylic acids is 1. The van der Waals surface area contributed by atoms with Crippen molar-refractivity contribution in [2.45, 2.75) is 12.0 Å². The molecule has 0 fully saturated rings. The fourth-order valence-electron chi connectivity index (χ4n) is 2.54. The van der Waals surface area contributed by atoms with Crippen molar-refractivity contribution >= 4 is 28.3 Å². The van der Waals surface area contributed by atoms with E-state index in [1.54, 1.807) is 0 Å². The Hall–Kier alpha value is -2.94. The van der Waals surface area contributed by atoms with Gasteiger partial charge in [0, 0.05) is 17.3 Å². The molecule has 5 nitrogen and oxygen atoms in total. The highest BCUT2D eigenvalue weighted by Gasteiger charge is 2.68. The van der Waals surface area contributed by atoms with Gasteiger partial charge in [0.2, 0.25) is 0 Å². The monoisotopic (exact) mass is 403 g/mol. The summed E-state index contributed by atoms with van der Waals surface area (Å²) in [5, 5.41) is 8.67. The van der Waals surface area contributed by atoms with E-state index < -0.39 is 40.1 Å². The van der Waals surface area contributed by atoms with Crippen LogP contribution in [-0.2, 0) is 4.79 Å². The maximum absolute atomic E-state index is 14.1. The quantitative estimate of drug-likeness (QED) is 0.593. The van der Waals surface area contributed by atoms with Gasteiger partial charge in [0.25, 0.3) is 0 Å². The van der Waals surface area contributed by atoms with Crippen molar-refractivity contribution in [3.63, 3.8) is 0 Å². The normalized spacial score (nSPS) is 19.3. The smallest absolute Gasteiger partial charge is 0.473 e. The lowest BCUT2D eigenvalue weighted by Crippen LogP contribution is -2.59. The van der Waals surface area contributed by atoms with E-state index in [0.717, 1.165) is 24.3 Å². The standard InChI is InChI=1S/C17H10ClF4NO4/c18-14-9-3-1-2-4-11(9)26-16(17(20,21)22,13(14)15(24)25)27-12-6-5-8(23)7-10(12)19/h1-7H,23H2,(H,24,25). The first-order chi connectivity index (χ1) is 12.6. The molecule has 0 aliphatic carbocycles. The fourth-order valence-corrected chi connectivity index (χ4v) is 2.90. The summed E-state index contributed by atoms with van der Waals surface area (Å²) in [7, 11) is 0. The third-order valence-corrected chi connectivity index (χ3v) is 4.12. The van der Waals surface area contributed by atoms with Gasteiger partial charge in [0.15, 0.2) is 17.1 Å². The van der Waals surface area contributed by atoms with E-state index in [-0.39, 0.29) is 17.0 Å². The van der Waals surface area contributed by atoms with Gasteiger partial charge in [-0.25, -0.2) is 9.18 Å². The average Bonchev–Trinajstić information content (AvgIpc) is 2.56. The minimum atomic E-state index is -5.43. The number of halogens is 5. The second-order valence-electron chi connectivity index (χ2n) is 5.50. The molecule has 3 rings (SSSR count). The Morgan fingerprint density at radius 2 is 1.89 bits per heavy atom. The van der Waals surface area contributed by atoms with Crippen LogP contribution < -0.4 is 15.2 Å². The number of carboxylic acid groups (broad SMARTS) is 1. The SMILES string of the molecule is Nc1ccc(OC2(C(F)(F)F)Oc3ccccc3C(Cl)=C2C(=O)O)c(F)c1. The number of ether oxygens (including phenoxy) is 2. The largest absolute Gasteiger partial charge is 0.478 e. The van der Waals surface area contributed by atoms with Crippen LogP contribution in [-0.4, -0.2) is 23.0 Å². The van der Waals surface area contributed by atoms with Gasteiger partial charge in [-0.3, -0.25) is 0 Å². The predicted octanol–water partition coefficient (Wildman–Crippen LogP) is 4.17. The Morgan fingerprint density at radius 3 is 2.48 bits per heavy atom. The lowest BCUT2D eigenvalue weighted by Gasteiger charge is -2.39. The molecular weight excluding hydrogens is 394 g/mol. The second-order valence-corrected chi connectivity index (χ2v) is 5.88. The van der Waals surface area contributed by atoms with Crippen molar-refractivity contribution < 1.29 is 36.9 Å². The summed E-state index contributed by atoms with van der Waals surface area (Å²) in [4.78, 5) is 11.7. The van der Waals surface area contributed by atoms with Gasteiger partial charge in [-0.05, 0) is 24.3 Å². The number of hydrogen-bond donors (Lipinski definition) is 2. The molecule has 0 amide bonds. The van der Waals surface area contributed by atoms with E-state index in [1.165, 1.54) is 18.2 Å². The van der Waals surface area contributed by atoms with Crippen LogP contribution in [0.4, 0.5) is 23.2 Å². The summed E-state index contributed by atoms with van der Waals surface area (Å²) in [6.07, 6.45) is -5.43. The van der Waals surface area contributed by atoms with E-state index in [4.69, 9.17) is 26.8 Å². The zero-order chi connectivity index (χ0) is 20.0. The van der Waals surface area contributed by atoms with E-state index in [2.05, 4.69) is 0 Å². The van der Waals surface area contributed by atoms with E-state index in [9.17, 15) is 27.5 Å². The first-order valence-corrected chi connectivity index (χ1v) is 7.67. The molecular formula is C17H10ClF4NO4. The number of carbonyl (C=O) groups is 1. The number of para-hydroxylation sites is 1. The molecule has 0 saturated heterocycles. The predicted molar refractivity (Wildman–Crippen MR) is 87.7 cm³/mol. The number of anilines is 1. The van der Waals surface area contributed by atoms with Crippen molar-refractivity contribution in [2.24, 2.45) is 0 Å². The zero-order valence-corrected chi connectivity index (χ0v) is 13.9. The van der Waals surface area contributed by atoms with E-state index in [1.807, 2.05) is 0 Å². The molecule has 1 atom stereocenters. The summed E-state index contributed by atoms with van der Waals surface area (Å²) >= 11 is 5.95. The third kappa shape index (κ3) is 3.03. The fraction of sp³-hybridized carbons (Fsp3) is 0.118. The number of rotatable bonds is 3. The Bertz CT molecular complexity index is 960. The molecule has 0 saturated carbocycles. The number of fused-ring (bicyclic) bond motifs is 1. The highest BCUT2D eigenvalue weighted by Crippen LogP contribution is 2.50. The molecule has 1 heterocycles. The van der Waals surface area contributed by atoms with Crippen LogP contribution in [0, 0.1) is 5.82 Å². The Balaban J connectivity index is 2.28. The average molecular weight is 404 g/mol. The van der Waals surface area contributed by atoms with E-state index >= 15 is 0 Å². The molecule has 3 N–H and O–H groups in total. The second kappa shape index (κ2) is 6.34. The minimum absolute atomic E-state index is 0.0668. The molecule has 10 heteroatoms. The lowest BCUT2D eigenvalue weighted by molar-refractivity contribution is -0.304. The van der Waals surface area contributed by atoms with Gasteiger partial charge in [0.1, 0.15) is 5.75 Å². The summed E-state index contributed by atoms with van der Waals surface area (Å²) in [6.45, 7) is 0. The van der Waals surface area contributed by atoms with Gasteiger partial charge >= 0.3 is 17.9 Å². The molecule has 0 bridgehead atoms. The Kier molecular flexibility index (Phi) is 4.43. The molecule has 0 aromatic heterocycles. The number of nitrogen functional groups attached to an aromatic ring is 1. The number of benzene rings is 2. The number of nitrogens with two attached hydrogens (primary N) is 1. The molecule has 1 aliphatic rings. The molecule has 0 spiro atoms. The van der Waals surface area contributed by atoms with Crippen LogP contribution in [0.15, 0.2) is 48.0 Å². The Labute approximate surface area is 154 Å². The van der Waals surface area contributed by atoms with Crippen molar-refractivity contribution in [3.8, 4) is 11.5 Å². The highest BCUT2D eigenvalue weighted by molar-refractivity contribution is 6.51. The van der Waals surface area contributed by atoms with Crippen LogP contribution in [0.3, 0.4) is 0 Å². The molecule has 2 aromatic rings. The highest BCUT2D eigenvalue weighted by atomic mass is 35.5. The third-order valence-electron chi connectivity index (χ3n) is 3.72. The Morgan fingerprint density at radius 1 is 1.22 bits per heavy atom. The van der Waals surface area contributed by atoms with Crippen LogP contribution in [0.2, 0.25) is 0 Å². The van der Waals surface area contributed by atoms with Crippen LogP contribution >= 0.6 is 11.6 Å². The van der Waals surface area contributed by atoms with Gasteiger partial charge in [0.05, 0.1) is 5.03 Å². The maximum atomic E-state index is 14.1. The number of carboxylic acids is 1. The number of hydrogen-bond acceptors (Lipinski definition) is 4. The van der Waals surface area contributed by atoms with Crippen molar-refractivity contribution in [1.82, 2.24) is 0 Å². The molecule has 1 aliphatic heterocycles. The summed E-state index contributed by atoms with van der Waals surface area (Å²) in [5.41, 5.74) is 3.80. The van der Waals surface area contributed by atoms with Crippen LogP contribution in [0.5, 0.6) is 11.5 Å². The van der Waals surface area contributed by atoms with Gasteiger partial charge in [-0.1, -0.05) is 23.7 Å². The first kappa shape index (κ1) is 18.8. The first-order valence-electron chi connectivity index (χ1n) is 7.29. The molecule has 1 unspecified atom stereocenters. The molecule has 142 valence electrons. The summed E-state index contributed by atoms with van der Waals surface area (Å²) in [5.74, 6) is -8.43. The van der Waals surface area contributed by atoms with E-state index in [0.29, 0.717) is 0 Å². The summed E-state index contributed by atoms with van der Waals surface area (Å²) < 4.78 is 65.9.